The molecule has 168 valence electrons. The summed E-state index contributed by atoms with van der Waals surface area (Å²) in [5.41, 5.74) is -0.855. The van der Waals surface area contributed by atoms with Crippen LogP contribution in [0.25, 0.3) is 0 Å². The highest BCUT2D eigenvalue weighted by Crippen LogP contribution is 2.30. The van der Waals surface area contributed by atoms with Crippen molar-refractivity contribution in [2.75, 3.05) is 39.3 Å². The van der Waals surface area contributed by atoms with Gasteiger partial charge in [-0.3, -0.25) is 9.59 Å². The maximum atomic E-state index is 12.2. The molecule has 2 fully saturated rings. The van der Waals surface area contributed by atoms with Gasteiger partial charge in [0.1, 0.15) is 11.2 Å². The summed E-state index contributed by atoms with van der Waals surface area (Å²) in [5.74, 6) is 0.434. The molecule has 2 aliphatic heterocycles. The second-order valence-corrected chi connectivity index (χ2v) is 9.45. The van der Waals surface area contributed by atoms with Crippen molar-refractivity contribution in [3.63, 3.8) is 0 Å². The molecule has 2 heterocycles. The molecule has 0 radical (unpaired) electrons. The number of hydrogen-bond acceptors (Lipinski definition) is 7. The Morgan fingerprint density at radius 1 is 0.759 bits per heavy atom. The molecular weight excluding hydrogens is 370 g/mol. The van der Waals surface area contributed by atoms with Crippen LogP contribution in [0.15, 0.2) is 0 Å². The molecule has 0 spiro atoms. The normalized spacial score (nSPS) is 19.7. The third-order valence-electron chi connectivity index (χ3n) is 6.41. The molecule has 2 aliphatic rings. The van der Waals surface area contributed by atoms with Crippen LogP contribution in [-0.2, 0) is 19.1 Å². The predicted molar refractivity (Wildman–Crippen MR) is 114 cm³/mol. The summed E-state index contributed by atoms with van der Waals surface area (Å²) in [6.07, 6.45) is 4.76. The Morgan fingerprint density at radius 3 is 1.45 bits per heavy atom. The highest BCUT2D eigenvalue weighted by Gasteiger charge is 2.35. The SMILES string of the molecule is CC(C)(OC(=O)CCNCCC(=O)OC(C)(C)C1CCNCC1)C1CCNCC1. The minimum atomic E-state index is -0.427. The van der Waals surface area contributed by atoms with Crippen molar-refractivity contribution < 1.29 is 19.1 Å². The first-order chi connectivity index (χ1) is 13.7. The van der Waals surface area contributed by atoms with Crippen molar-refractivity contribution in [3.8, 4) is 0 Å². The zero-order valence-electron chi connectivity index (χ0n) is 18.8. The van der Waals surface area contributed by atoms with Crippen molar-refractivity contribution in [1.29, 1.82) is 0 Å². The van der Waals surface area contributed by atoms with Gasteiger partial charge in [0.15, 0.2) is 0 Å². The van der Waals surface area contributed by atoms with Gasteiger partial charge >= 0.3 is 11.9 Å². The van der Waals surface area contributed by atoms with E-state index in [1.54, 1.807) is 0 Å². The van der Waals surface area contributed by atoms with Gasteiger partial charge in [0, 0.05) is 24.9 Å². The van der Waals surface area contributed by atoms with Crippen LogP contribution in [0.3, 0.4) is 0 Å². The summed E-state index contributed by atoms with van der Waals surface area (Å²) in [5, 5.41) is 9.83. The van der Waals surface area contributed by atoms with Crippen LogP contribution in [0, 0.1) is 11.8 Å². The van der Waals surface area contributed by atoms with E-state index in [9.17, 15) is 9.59 Å². The van der Waals surface area contributed by atoms with Crippen molar-refractivity contribution in [2.24, 2.45) is 11.8 Å². The summed E-state index contributed by atoms with van der Waals surface area (Å²) >= 11 is 0. The zero-order valence-corrected chi connectivity index (χ0v) is 18.8. The van der Waals surface area contributed by atoms with Crippen LogP contribution in [0.5, 0.6) is 0 Å². The smallest absolute Gasteiger partial charge is 0.307 e. The van der Waals surface area contributed by atoms with Crippen LogP contribution in [0.4, 0.5) is 0 Å². The van der Waals surface area contributed by atoms with Gasteiger partial charge in [-0.25, -0.2) is 0 Å². The van der Waals surface area contributed by atoms with Crippen molar-refractivity contribution in [2.45, 2.75) is 77.4 Å². The Bertz CT molecular complexity index is 478. The molecule has 0 saturated carbocycles. The highest BCUT2D eigenvalue weighted by molar-refractivity contribution is 5.70. The summed E-state index contributed by atoms with van der Waals surface area (Å²) in [6.45, 7) is 13.0. The van der Waals surface area contributed by atoms with Crippen LogP contribution in [0.1, 0.15) is 66.2 Å². The lowest BCUT2D eigenvalue weighted by molar-refractivity contribution is -0.163. The minimum Gasteiger partial charge on any atom is -0.459 e. The molecule has 2 rings (SSSR count). The first-order valence-corrected chi connectivity index (χ1v) is 11.3. The fourth-order valence-electron chi connectivity index (χ4n) is 4.40. The van der Waals surface area contributed by atoms with Crippen molar-refractivity contribution in [1.82, 2.24) is 16.0 Å². The van der Waals surface area contributed by atoms with E-state index in [0.717, 1.165) is 51.9 Å². The predicted octanol–water partition coefficient (Wildman–Crippen LogP) is 2.00. The number of rotatable bonds is 10. The number of carbonyl (C=O) groups excluding carboxylic acids is 2. The average Bonchev–Trinajstić information content (AvgIpc) is 2.68. The third-order valence-corrected chi connectivity index (χ3v) is 6.41. The zero-order chi connectivity index (χ0) is 21.3. The number of nitrogens with one attached hydrogen (secondary N) is 3. The summed E-state index contributed by atoms with van der Waals surface area (Å²) in [6, 6.07) is 0. The molecule has 0 aromatic heterocycles. The number of ether oxygens (including phenoxy) is 2. The molecule has 0 atom stereocenters. The summed E-state index contributed by atoms with van der Waals surface area (Å²) in [4.78, 5) is 24.4. The second-order valence-electron chi connectivity index (χ2n) is 9.45. The van der Waals surface area contributed by atoms with Gasteiger partial charge in [-0.05, 0) is 79.6 Å². The molecule has 0 aliphatic carbocycles. The number of carbonyl (C=O) groups is 2. The Balaban J connectivity index is 1.58. The van der Waals surface area contributed by atoms with Gasteiger partial charge in [0.2, 0.25) is 0 Å². The molecule has 0 unspecified atom stereocenters. The van der Waals surface area contributed by atoms with E-state index in [2.05, 4.69) is 16.0 Å². The second kappa shape index (κ2) is 11.3. The molecule has 0 amide bonds. The molecule has 29 heavy (non-hydrogen) atoms. The molecule has 0 bridgehead atoms. The lowest BCUT2D eigenvalue weighted by atomic mass is 9.83. The Kier molecular flexibility index (Phi) is 9.37. The Hall–Kier alpha value is -1.18. The van der Waals surface area contributed by atoms with Crippen LogP contribution < -0.4 is 16.0 Å². The molecule has 0 aromatic rings. The maximum Gasteiger partial charge on any atom is 0.307 e. The standard InChI is InChI=1S/C22H41N3O4/c1-21(2,17-5-11-23-12-6-17)28-19(26)9-15-25-16-10-20(27)29-22(3,4)18-7-13-24-14-8-18/h17-18,23-25H,5-16H2,1-4H3. The van der Waals surface area contributed by atoms with Crippen LogP contribution in [0.2, 0.25) is 0 Å². The fourth-order valence-corrected chi connectivity index (χ4v) is 4.40. The fraction of sp³-hybridized carbons (Fsp3) is 0.909. The first kappa shape index (κ1) is 24.1. The maximum absolute atomic E-state index is 12.2. The Labute approximate surface area is 176 Å². The lowest BCUT2D eigenvalue weighted by Crippen LogP contribution is -2.43. The quantitative estimate of drug-likeness (QED) is 0.374. The van der Waals surface area contributed by atoms with E-state index in [1.165, 1.54) is 0 Å². The van der Waals surface area contributed by atoms with Crippen molar-refractivity contribution >= 4 is 11.9 Å². The first-order valence-electron chi connectivity index (χ1n) is 11.3. The number of hydrogen-bond donors (Lipinski definition) is 3. The van der Waals surface area contributed by atoms with Gasteiger partial charge in [0.25, 0.3) is 0 Å². The molecule has 2 saturated heterocycles. The molecule has 0 aromatic carbocycles. The van der Waals surface area contributed by atoms with E-state index in [0.29, 0.717) is 37.8 Å². The highest BCUT2D eigenvalue weighted by atomic mass is 16.6. The lowest BCUT2D eigenvalue weighted by Gasteiger charge is -2.36. The van der Waals surface area contributed by atoms with Crippen LogP contribution >= 0.6 is 0 Å². The summed E-state index contributed by atoms with van der Waals surface area (Å²) < 4.78 is 11.5. The van der Waals surface area contributed by atoms with E-state index >= 15 is 0 Å². The summed E-state index contributed by atoms with van der Waals surface area (Å²) in [7, 11) is 0. The molecule has 7 nitrogen and oxygen atoms in total. The van der Waals surface area contributed by atoms with Gasteiger partial charge in [0.05, 0.1) is 12.8 Å². The van der Waals surface area contributed by atoms with Gasteiger partial charge < -0.3 is 25.4 Å². The van der Waals surface area contributed by atoms with Crippen molar-refractivity contribution in [3.05, 3.63) is 0 Å². The van der Waals surface area contributed by atoms with E-state index in [4.69, 9.17) is 9.47 Å². The monoisotopic (exact) mass is 411 g/mol. The largest absolute Gasteiger partial charge is 0.459 e. The third kappa shape index (κ3) is 8.22. The number of esters is 2. The Morgan fingerprint density at radius 2 is 1.10 bits per heavy atom. The molecular formula is C22H41N3O4. The number of piperidine rings is 2. The van der Waals surface area contributed by atoms with Gasteiger partial charge in [-0.15, -0.1) is 0 Å². The van der Waals surface area contributed by atoms with Gasteiger partial charge in [-0.1, -0.05) is 0 Å². The van der Waals surface area contributed by atoms with E-state index in [-0.39, 0.29) is 11.9 Å². The topological polar surface area (TPSA) is 88.7 Å². The van der Waals surface area contributed by atoms with Crippen LogP contribution in [-0.4, -0.2) is 62.4 Å². The molecule has 7 heteroatoms. The van der Waals surface area contributed by atoms with Gasteiger partial charge in [-0.2, -0.15) is 0 Å². The molecule has 3 N–H and O–H groups in total. The van der Waals surface area contributed by atoms with E-state index < -0.39 is 11.2 Å². The minimum absolute atomic E-state index is 0.185. The average molecular weight is 412 g/mol. The van der Waals surface area contributed by atoms with E-state index in [1.807, 2.05) is 27.7 Å².